The van der Waals surface area contributed by atoms with E-state index in [2.05, 4.69) is 5.32 Å². The predicted octanol–water partition coefficient (Wildman–Crippen LogP) is 1.55. The van der Waals surface area contributed by atoms with E-state index in [0.29, 0.717) is 11.8 Å². The van der Waals surface area contributed by atoms with E-state index in [9.17, 15) is 9.59 Å². The van der Waals surface area contributed by atoms with Crippen molar-refractivity contribution >= 4 is 11.9 Å². The zero-order valence-corrected chi connectivity index (χ0v) is 9.88. The Morgan fingerprint density at radius 1 is 1.44 bits per heavy atom. The molecule has 2 aliphatic carbocycles. The lowest BCUT2D eigenvalue weighted by atomic mass is 9.98. The van der Waals surface area contributed by atoms with Crippen LogP contribution in [0.1, 0.15) is 46.0 Å². The maximum atomic E-state index is 11.9. The lowest BCUT2D eigenvalue weighted by Gasteiger charge is -2.25. The van der Waals surface area contributed by atoms with Crippen LogP contribution in [-0.2, 0) is 9.59 Å². The van der Waals surface area contributed by atoms with Gasteiger partial charge in [0.15, 0.2) is 0 Å². The Kier molecular flexibility index (Phi) is 2.48. The third kappa shape index (κ3) is 2.36. The molecule has 90 valence electrons. The first-order valence-corrected chi connectivity index (χ1v) is 5.89. The van der Waals surface area contributed by atoms with E-state index in [1.807, 2.05) is 13.8 Å². The zero-order valence-electron chi connectivity index (χ0n) is 9.88. The summed E-state index contributed by atoms with van der Waals surface area (Å²) in [7, 11) is 0. The first-order valence-electron chi connectivity index (χ1n) is 5.89. The Morgan fingerprint density at radius 2 is 2.06 bits per heavy atom. The van der Waals surface area contributed by atoms with Crippen LogP contribution >= 0.6 is 0 Å². The minimum Gasteiger partial charge on any atom is -0.481 e. The van der Waals surface area contributed by atoms with Crippen LogP contribution in [0.5, 0.6) is 0 Å². The Bertz CT molecular complexity index is 331. The van der Waals surface area contributed by atoms with E-state index in [1.165, 1.54) is 12.8 Å². The molecule has 2 aliphatic rings. The van der Waals surface area contributed by atoms with E-state index in [4.69, 9.17) is 5.11 Å². The van der Waals surface area contributed by atoms with E-state index in [-0.39, 0.29) is 18.2 Å². The summed E-state index contributed by atoms with van der Waals surface area (Å²) in [5.74, 6) is -0.489. The molecule has 4 nitrogen and oxygen atoms in total. The monoisotopic (exact) mass is 225 g/mol. The van der Waals surface area contributed by atoms with E-state index < -0.39 is 11.5 Å². The molecule has 0 aromatic rings. The maximum Gasteiger partial charge on any atom is 0.303 e. The number of nitrogens with one attached hydrogen (secondary N) is 1. The summed E-state index contributed by atoms with van der Waals surface area (Å²) in [5, 5.41) is 11.6. The second kappa shape index (κ2) is 3.47. The molecule has 2 N–H and O–H groups in total. The van der Waals surface area contributed by atoms with E-state index >= 15 is 0 Å². The molecule has 0 aromatic heterocycles. The molecule has 0 saturated heterocycles. The normalized spacial score (nSPS) is 25.2. The van der Waals surface area contributed by atoms with Crippen molar-refractivity contribution in [3.63, 3.8) is 0 Å². The molecule has 4 heteroatoms. The molecule has 2 rings (SSSR count). The van der Waals surface area contributed by atoms with Crippen LogP contribution in [0.15, 0.2) is 0 Å². The third-order valence-electron chi connectivity index (χ3n) is 3.82. The Labute approximate surface area is 95.4 Å². The highest BCUT2D eigenvalue weighted by Crippen LogP contribution is 2.70. The standard InChI is InChI=1S/C12H19NO3/c1-11(2,4-3-9(14)15)13-10(16)8-7-12(8)5-6-12/h8H,3-7H2,1-2H3,(H,13,16)(H,14,15). The van der Waals surface area contributed by atoms with E-state index in [1.54, 1.807) is 0 Å². The van der Waals surface area contributed by atoms with Gasteiger partial charge >= 0.3 is 5.97 Å². The van der Waals surface area contributed by atoms with Gasteiger partial charge in [0.1, 0.15) is 0 Å². The quantitative estimate of drug-likeness (QED) is 0.746. The first-order chi connectivity index (χ1) is 7.35. The van der Waals surface area contributed by atoms with Gasteiger partial charge in [0.25, 0.3) is 0 Å². The molecular weight excluding hydrogens is 206 g/mol. The van der Waals surface area contributed by atoms with Crippen LogP contribution in [0.3, 0.4) is 0 Å². The van der Waals surface area contributed by atoms with Crippen molar-refractivity contribution in [1.29, 1.82) is 0 Å². The molecular formula is C12H19NO3. The van der Waals surface area contributed by atoms with Gasteiger partial charge in [-0.3, -0.25) is 9.59 Å². The van der Waals surface area contributed by atoms with Gasteiger partial charge in [-0.1, -0.05) is 0 Å². The van der Waals surface area contributed by atoms with Crippen LogP contribution in [0.25, 0.3) is 0 Å². The fourth-order valence-corrected chi connectivity index (χ4v) is 2.33. The van der Waals surface area contributed by atoms with Crippen molar-refractivity contribution < 1.29 is 14.7 Å². The topological polar surface area (TPSA) is 66.4 Å². The molecule has 1 spiro atoms. The number of hydrogen-bond donors (Lipinski definition) is 2. The molecule has 0 heterocycles. The molecule has 2 saturated carbocycles. The van der Waals surface area contributed by atoms with Crippen molar-refractivity contribution in [2.24, 2.45) is 11.3 Å². The molecule has 0 aromatic carbocycles. The molecule has 0 radical (unpaired) electrons. The van der Waals surface area contributed by atoms with Crippen LogP contribution in [-0.4, -0.2) is 22.5 Å². The van der Waals surface area contributed by atoms with Gasteiger partial charge in [0.05, 0.1) is 0 Å². The lowest BCUT2D eigenvalue weighted by Crippen LogP contribution is -2.44. The number of amides is 1. The van der Waals surface area contributed by atoms with Crippen LogP contribution < -0.4 is 5.32 Å². The van der Waals surface area contributed by atoms with Gasteiger partial charge in [-0.05, 0) is 44.9 Å². The van der Waals surface area contributed by atoms with Crippen molar-refractivity contribution in [3.05, 3.63) is 0 Å². The van der Waals surface area contributed by atoms with Crippen molar-refractivity contribution in [3.8, 4) is 0 Å². The van der Waals surface area contributed by atoms with Crippen molar-refractivity contribution in [2.45, 2.75) is 51.5 Å². The minimum absolute atomic E-state index is 0.100. The molecule has 0 bridgehead atoms. The minimum atomic E-state index is -0.813. The largest absolute Gasteiger partial charge is 0.481 e. The molecule has 1 amide bonds. The number of aliphatic carboxylic acids is 1. The van der Waals surface area contributed by atoms with Gasteiger partial charge in [0.2, 0.25) is 5.91 Å². The third-order valence-corrected chi connectivity index (χ3v) is 3.82. The highest BCUT2D eigenvalue weighted by Gasteiger charge is 2.65. The van der Waals surface area contributed by atoms with Crippen LogP contribution in [0.4, 0.5) is 0 Å². The molecule has 16 heavy (non-hydrogen) atoms. The Hall–Kier alpha value is -1.06. The average molecular weight is 225 g/mol. The first kappa shape index (κ1) is 11.4. The number of carboxylic acid groups (broad SMARTS) is 1. The smallest absolute Gasteiger partial charge is 0.303 e. The molecule has 1 unspecified atom stereocenters. The Morgan fingerprint density at radius 3 is 2.50 bits per heavy atom. The highest BCUT2D eigenvalue weighted by atomic mass is 16.4. The zero-order chi connectivity index (χ0) is 12.0. The summed E-state index contributed by atoms with van der Waals surface area (Å²) >= 11 is 0. The molecule has 0 aliphatic heterocycles. The lowest BCUT2D eigenvalue weighted by molar-refractivity contribution is -0.138. The fraction of sp³-hybridized carbons (Fsp3) is 0.833. The van der Waals surface area contributed by atoms with Crippen molar-refractivity contribution in [1.82, 2.24) is 5.32 Å². The van der Waals surface area contributed by atoms with Crippen LogP contribution in [0, 0.1) is 11.3 Å². The molecule has 2 fully saturated rings. The summed E-state index contributed by atoms with van der Waals surface area (Å²) in [6.07, 6.45) is 4.01. The van der Waals surface area contributed by atoms with Gasteiger partial charge in [-0.25, -0.2) is 0 Å². The highest BCUT2D eigenvalue weighted by molar-refractivity contribution is 5.84. The maximum absolute atomic E-state index is 11.9. The fourth-order valence-electron chi connectivity index (χ4n) is 2.33. The summed E-state index contributed by atoms with van der Waals surface area (Å²) in [5.41, 5.74) is -0.0406. The molecule has 1 atom stereocenters. The van der Waals surface area contributed by atoms with Gasteiger partial charge in [-0.15, -0.1) is 0 Å². The number of hydrogen-bond acceptors (Lipinski definition) is 2. The number of carboxylic acids is 1. The average Bonchev–Trinajstić information content (AvgIpc) is 3.04. The summed E-state index contributed by atoms with van der Waals surface area (Å²) in [6, 6.07) is 0. The number of rotatable bonds is 5. The number of carbonyl (C=O) groups is 2. The Balaban J connectivity index is 1.78. The summed E-state index contributed by atoms with van der Waals surface area (Å²) in [6.45, 7) is 3.77. The second-order valence-corrected chi connectivity index (χ2v) is 5.89. The van der Waals surface area contributed by atoms with Gasteiger partial charge < -0.3 is 10.4 Å². The van der Waals surface area contributed by atoms with Gasteiger partial charge in [-0.2, -0.15) is 0 Å². The summed E-state index contributed by atoms with van der Waals surface area (Å²) in [4.78, 5) is 22.3. The SMILES string of the molecule is CC(C)(CCC(=O)O)NC(=O)C1CC12CC2. The number of carbonyl (C=O) groups excluding carboxylic acids is 1. The van der Waals surface area contributed by atoms with Crippen molar-refractivity contribution in [2.75, 3.05) is 0 Å². The summed E-state index contributed by atoms with van der Waals surface area (Å²) < 4.78 is 0. The van der Waals surface area contributed by atoms with Gasteiger partial charge in [0, 0.05) is 17.9 Å². The van der Waals surface area contributed by atoms with Crippen LogP contribution in [0.2, 0.25) is 0 Å². The second-order valence-electron chi connectivity index (χ2n) is 5.89. The van der Waals surface area contributed by atoms with E-state index in [0.717, 1.165) is 6.42 Å². The predicted molar refractivity (Wildman–Crippen MR) is 58.9 cm³/mol.